The van der Waals surface area contributed by atoms with Gasteiger partial charge in [-0.2, -0.15) is 0 Å². The number of quaternary nitrogens is 1. The van der Waals surface area contributed by atoms with Gasteiger partial charge in [-0.05, 0) is 76.7 Å². The van der Waals surface area contributed by atoms with E-state index in [1.165, 1.54) is 154 Å². The van der Waals surface area contributed by atoms with Crippen molar-refractivity contribution in [2.75, 3.05) is 40.9 Å². The number of unbranched alkanes of at least 4 members (excludes halogenated alkanes) is 32. The molecule has 0 heterocycles. The van der Waals surface area contributed by atoms with Crippen LogP contribution in [0.25, 0.3) is 0 Å². The quantitative estimate of drug-likeness (QED) is 0.0212. The van der Waals surface area contributed by atoms with Gasteiger partial charge >= 0.3 is 5.97 Å². The van der Waals surface area contributed by atoms with Gasteiger partial charge in [-0.1, -0.05) is 274 Å². The fourth-order valence-corrected chi connectivity index (χ4v) is 9.92. The molecule has 0 radical (unpaired) electrons. The molecule has 0 spiro atoms. The van der Waals surface area contributed by atoms with Gasteiger partial charge < -0.3 is 28.5 Å². The van der Waals surface area contributed by atoms with Crippen LogP contribution in [0.5, 0.6) is 0 Å². The third kappa shape index (κ3) is 57.9. The summed E-state index contributed by atoms with van der Waals surface area (Å²) in [5.74, 6) is -0.541. The molecule has 0 fully saturated rings. The molecule has 9 nitrogen and oxygen atoms in total. The van der Waals surface area contributed by atoms with Crippen molar-refractivity contribution in [1.29, 1.82) is 0 Å². The lowest BCUT2D eigenvalue weighted by atomic mass is 10.0. The van der Waals surface area contributed by atoms with Crippen LogP contribution in [0.4, 0.5) is 0 Å². The number of carbonyl (C=O) groups excluding carboxylic acids is 2. The summed E-state index contributed by atoms with van der Waals surface area (Å²) in [6.07, 6.45) is 72.9. The third-order valence-corrected chi connectivity index (χ3v) is 15.1. The lowest BCUT2D eigenvalue weighted by Gasteiger charge is -2.30. The second-order valence-corrected chi connectivity index (χ2v) is 24.3. The van der Waals surface area contributed by atoms with E-state index in [1.807, 2.05) is 33.3 Å². The summed E-state index contributed by atoms with van der Waals surface area (Å²) in [5, 5.41) is 3.03. The topological polar surface area (TPSA) is 114 Å². The van der Waals surface area contributed by atoms with Crippen molar-refractivity contribution >= 4 is 19.7 Å². The Balaban J connectivity index is 5.14. The standard InChI is InChI=1S/C67H123N2O7P/c1-7-10-13-16-19-22-25-28-30-31-32-33-34-35-36-37-38-39-40-42-45-48-51-54-57-60-67(71)76-65(58-55-52-49-46-43-27-24-21-18-15-12-9-3)64(63-75-77(72,73)74-62-61-69(4,5)6)68-66(70)59-56-53-50-47-44-41-29-26-23-20-17-14-11-8-2/h10,13,19,22,28,30,32-33,35-36,55,58,64-65H,7-9,11-12,14-18,20-21,23-27,29,31,34,37-54,56-57,59-63H2,1-6H3,(H-,68,70,72,73)/b13-10-,22-19-,30-28-,33-32-,36-35-,58-55-. The summed E-state index contributed by atoms with van der Waals surface area (Å²) in [6.45, 7) is 6.74. The van der Waals surface area contributed by atoms with Crippen LogP contribution in [0.1, 0.15) is 290 Å². The molecule has 0 aliphatic carbocycles. The van der Waals surface area contributed by atoms with E-state index < -0.39 is 20.0 Å². The van der Waals surface area contributed by atoms with Crippen molar-refractivity contribution in [3.05, 3.63) is 72.9 Å². The monoisotopic (exact) mass is 1100 g/mol. The molecule has 3 unspecified atom stereocenters. The Kier molecular flexibility index (Phi) is 54.8. The van der Waals surface area contributed by atoms with Gasteiger partial charge in [0.15, 0.2) is 0 Å². The fourth-order valence-electron chi connectivity index (χ4n) is 9.20. The van der Waals surface area contributed by atoms with E-state index in [0.29, 0.717) is 17.4 Å². The van der Waals surface area contributed by atoms with Crippen molar-refractivity contribution in [3.8, 4) is 0 Å². The van der Waals surface area contributed by atoms with E-state index in [-0.39, 0.29) is 31.5 Å². The number of amides is 1. The minimum absolute atomic E-state index is 0.0238. The number of allylic oxidation sites excluding steroid dienone is 11. The summed E-state index contributed by atoms with van der Waals surface area (Å²) in [4.78, 5) is 40.0. The van der Waals surface area contributed by atoms with Crippen LogP contribution in [0, 0.1) is 0 Å². The Morgan fingerprint density at radius 3 is 1.25 bits per heavy atom. The number of hydrogen-bond acceptors (Lipinski definition) is 7. The second kappa shape index (κ2) is 56.7. The van der Waals surface area contributed by atoms with Crippen molar-refractivity contribution < 1.29 is 37.3 Å². The normalized spacial score (nSPS) is 14.1. The SMILES string of the molecule is CC/C=C\C/C=C\C/C=C\C/C=C\C/C=C\CCCCCCCCCCCC(=O)OC(/C=C\CCCCCCCCCCCC)C(COP(=O)([O-])OCC[N+](C)(C)C)NC(=O)CCCCCCCCCCCCCCCC. The van der Waals surface area contributed by atoms with Gasteiger partial charge in [0.05, 0.1) is 33.8 Å². The van der Waals surface area contributed by atoms with E-state index in [2.05, 4.69) is 86.8 Å². The first-order valence-electron chi connectivity index (χ1n) is 32.2. The van der Waals surface area contributed by atoms with Crippen LogP contribution in [0.15, 0.2) is 72.9 Å². The van der Waals surface area contributed by atoms with E-state index in [4.69, 9.17) is 13.8 Å². The molecule has 0 aliphatic rings. The lowest BCUT2D eigenvalue weighted by Crippen LogP contribution is -2.47. The first-order valence-corrected chi connectivity index (χ1v) is 33.7. The molecule has 0 rings (SSSR count). The predicted octanol–water partition coefficient (Wildman–Crippen LogP) is 19.4. The number of rotatable bonds is 58. The van der Waals surface area contributed by atoms with Crippen molar-refractivity contribution in [3.63, 3.8) is 0 Å². The molecule has 77 heavy (non-hydrogen) atoms. The highest BCUT2D eigenvalue weighted by Crippen LogP contribution is 2.38. The Labute approximate surface area is 476 Å². The molecule has 10 heteroatoms. The molecule has 448 valence electrons. The minimum Gasteiger partial charge on any atom is -0.756 e. The lowest BCUT2D eigenvalue weighted by molar-refractivity contribution is -0.870. The van der Waals surface area contributed by atoms with Gasteiger partial charge in [-0.3, -0.25) is 14.2 Å². The highest BCUT2D eigenvalue weighted by atomic mass is 31.2. The van der Waals surface area contributed by atoms with Gasteiger partial charge in [-0.25, -0.2) is 0 Å². The Morgan fingerprint density at radius 2 is 0.831 bits per heavy atom. The van der Waals surface area contributed by atoms with Crippen LogP contribution in [0.2, 0.25) is 0 Å². The summed E-state index contributed by atoms with van der Waals surface area (Å²) >= 11 is 0. The molecular formula is C67H123N2O7P. The van der Waals surface area contributed by atoms with Crippen LogP contribution < -0.4 is 10.2 Å². The molecule has 0 aromatic heterocycles. The number of carbonyl (C=O) groups is 2. The van der Waals surface area contributed by atoms with Crippen LogP contribution >= 0.6 is 7.82 Å². The summed E-state index contributed by atoms with van der Waals surface area (Å²) in [5.41, 5.74) is 0. The zero-order valence-corrected chi connectivity index (χ0v) is 52.0. The largest absolute Gasteiger partial charge is 0.756 e. The average Bonchev–Trinajstić information content (AvgIpc) is 3.39. The number of ether oxygens (including phenoxy) is 1. The van der Waals surface area contributed by atoms with E-state index in [9.17, 15) is 19.0 Å². The number of phosphoric acid groups is 1. The highest BCUT2D eigenvalue weighted by Gasteiger charge is 2.27. The first kappa shape index (κ1) is 74.5. The molecule has 0 aromatic rings. The second-order valence-electron chi connectivity index (χ2n) is 22.9. The van der Waals surface area contributed by atoms with Gasteiger partial charge in [0.1, 0.15) is 19.3 Å². The number of nitrogens with one attached hydrogen (secondary N) is 1. The van der Waals surface area contributed by atoms with Gasteiger partial charge in [-0.15, -0.1) is 0 Å². The predicted molar refractivity (Wildman–Crippen MR) is 330 cm³/mol. The maximum atomic E-state index is 13.5. The molecule has 0 saturated carbocycles. The minimum atomic E-state index is -4.70. The van der Waals surface area contributed by atoms with E-state index in [1.54, 1.807) is 0 Å². The van der Waals surface area contributed by atoms with Gasteiger partial charge in [0, 0.05) is 12.8 Å². The molecular weight excluding hydrogens is 976 g/mol. The smallest absolute Gasteiger partial charge is 0.306 e. The summed E-state index contributed by atoms with van der Waals surface area (Å²) < 4.78 is 30.3. The van der Waals surface area contributed by atoms with Crippen LogP contribution in [0.3, 0.4) is 0 Å². The molecule has 0 aromatic carbocycles. The number of esters is 1. The Hall–Kier alpha value is -2.55. The number of nitrogens with zero attached hydrogens (tertiary/aromatic N) is 1. The maximum Gasteiger partial charge on any atom is 0.306 e. The summed E-state index contributed by atoms with van der Waals surface area (Å²) in [6, 6.07) is -0.890. The van der Waals surface area contributed by atoms with Crippen molar-refractivity contribution in [2.24, 2.45) is 0 Å². The fraction of sp³-hybridized carbons (Fsp3) is 0.791. The molecule has 0 bridgehead atoms. The van der Waals surface area contributed by atoms with Crippen molar-refractivity contribution in [2.45, 2.75) is 303 Å². The maximum absolute atomic E-state index is 13.5. The first-order chi connectivity index (χ1) is 37.4. The molecule has 0 aliphatic heterocycles. The van der Waals surface area contributed by atoms with E-state index >= 15 is 0 Å². The van der Waals surface area contributed by atoms with Gasteiger partial charge in [0.25, 0.3) is 7.82 Å². The summed E-state index contributed by atoms with van der Waals surface area (Å²) in [7, 11) is 1.18. The van der Waals surface area contributed by atoms with Crippen LogP contribution in [-0.2, 0) is 27.9 Å². The van der Waals surface area contributed by atoms with Crippen LogP contribution in [-0.4, -0.2) is 69.4 Å². The van der Waals surface area contributed by atoms with E-state index in [0.717, 1.165) is 103 Å². The zero-order valence-electron chi connectivity index (χ0n) is 51.2. The zero-order chi connectivity index (χ0) is 56.4. The number of likely N-dealkylation sites (N-methyl/N-ethyl adjacent to an activating group) is 1. The number of hydrogen-bond donors (Lipinski definition) is 1. The molecule has 3 atom stereocenters. The third-order valence-electron chi connectivity index (χ3n) is 14.2. The molecule has 0 saturated heterocycles. The Bertz CT molecular complexity index is 1550. The average molecular weight is 1100 g/mol. The van der Waals surface area contributed by atoms with Gasteiger partial charge in [0.2, 0.25) is 5.91 Å². The van der Waals surface area contributed by atoms with Crippen molar-refractivity contribution in [1.82, 2.24) is 5.32 Å². The molecule has 1 amide bonds. The Morgan fingerprint density at radius 1 is 0.468 bits per heavy atom. The number of phosphoric ester groups is 1. The highest BCUT2D eigenvalue weighted by molar-refractivity contribution is 7.45. The molecule has 1 N–H and O–H groups in total.